The molecule has 0 aliphatic rings. The predicted octanol–water partition coefficient (Wildman–Crippen LogP) is 2.20. The molecule has 0 atom stereocenters. The van der Waals surface area contributed by atoms with Crippen molar-refractivity contribution < 1.29 is 17.6 Å². The lowest BCUT2D eigenvalue weighted by molar-refractivity contribution is 0.107. The first-order valence-corrected chi connectivity index (χ1v) is 6.18. The second-order valence-corrected chi connectivity index (χ2v) is 5.48. The highest BCUT2D eigenvalue weighted by molar-refractivity contribution is 8.13. The Morgan fingerprint density at radius 1 is 1.29 bits per heavy atom. The quantitative estimate of drug-likeness (QED) is 0.762. The third-order valence-electron chi connectivity index (χ3n) is 1.65. The van der Waals surface area contributed by atoms with E-state index in [9.17, 15) is 13.2 Å². The van der Waals surface area contributed by atoms with Crippen LogP contribution in [0, 0.1) is 13.8 Å². The summed E-state index contributed by atoms with van der Waals surface area (Å²) in [6, 6.07) is 0. The Kier molecular flexibility index (Phi) is 2.94. The number of furan rings is 1. The molecule has 0 aliphatic heterocycles. The zero-order chi connectivity index (χ0) is 11.1. The van der Waals surface area contributed by atoms with Crippen molar-refractivity contribution in [3.05, 3.63) is 17.1 Å². The molecule has 0 spiro atoms. The minimum atomic E-state index is -4.02. The minimum absolute atomic E-state index is 0.0569. The van der Waals surface area contributed by atoms with Gasteiger partial charge in [0.2, 0.25) is 0 Å². The van der Waals surface area contributed by atoms with E-state index in [1.54, 1.807) is 0 Å². The SMILES string of the molecule is Cc1oc(C)c(S(=O)(=O)Cl)c1C(=O)Cl. The van der Waals surface area contributed by atoms with E-state index in [1.807, 2.05) is 0 Å². The molecule has 0 amide bonds. The monoisotopic (exact) mass is 256 g/mol. The van der Waals surface area contributed by atoms with Gasteiger partial charge < -0.3 is 4.42 Å². The molecule has 0 aliphatic carbocycles. The molecular formula is C7H6Cl2O4S. The average Bonchev–Trinajstić information content (AvgIpc) is 2.23. The van der Waals surface area contributed by atoms with E-state index in [1.165, 1.54) is 13.8 Å². The summed E-state index contributed by atoms with van der Waals surface area (Å²) < 4.78 is 27.1. The number of hydrogen-bond acceptors (Lipinski definition) is 4. The van der Waals surface area contributed by atoms with Crippen molar-refractivity contribution in [1.29, 1.82) is 0 Å². The Labute approximate surface area is 90.2 Å². The van der Waals surface area contributed by atoms with Crippen LogP contribution in [-0.4, -0.2) is 13.7 Å². The van der Waals surface area contributed by atoms with Crippen LogP contribution in [0.15, 0.2) is 9.31 Å². The summed E-state index contributed by atoms with van der Waals surface area (Å²) in [5.41, 5.74) is -0.195. The number of hydrogen-bond donors (Lipinski definition) is 0. The van der Waals surface area contributed by atoms with Gasteiger partial charge in [-0.3, -0.25) is 4.79 Å². The van der Waals surface area contributed by atoms with Crippen LogP contribution in [0.4, 0.5) is 0 Å². The molecule has 78 valence electrons. The van der Waals surface area contributed by atoms with Gasteiger partial charge in [0.05, 0.1) is 5.56 Å². The molecule has 0 saturated carbocycles. The highest BCUT2D eigenvalue weighted by Gasteiger charge is 2.28. The lowest BCUT2D eigenvalue weighted by atomic mass is 10.3. The fourth-order valence-electron chi connectivity index (χ4n) is 1.18. The highest BCUT2D eigenvalue weighted by Crippen LogP contribution is 2.30. The first-order chi connectivity index (χ1) is 6.25. The topological polar surface area (TPSA) is 64.3 Å². The fraction of sp³-hybridized carbons (Fsp3) is 0.286. The molecule has 1 heterocycles. The van der Waals surface area contributed by atoms with Crippen LogP contribution < -0.4 is 0 Å². The first-order valence-electron chi connectivity index (χ1n) is 3.49. The molecule has 0 saturated heterocycles. The van der Waals surface area contributed by atoms with E-state index in [0.717, 1.165) is 0 Å². The molecule has 14 heavy (non-hydrogen) atoms. The molecule has 1 rings (SSSR count). The van der Waals surface area contributed by atoms with Gasteiger partial charge >= 0.3 is 0 Å². The maximum Gasteiger partial charge on any atom is 0.265 e. The summed E-state index contributed by atoms with van der Waals surface area (Å²) in [7, 11) is 1.11. The van der Waals surface area contributed by atoms with Crippen LogP contribution in [-0.2, 0) is 9.05 Å². The molecule has 1 aromatic heterocycles. The van der Waals surface area contributed by atoms with Crippen LogP contribution in [0.2, 0.25) is 0 Å². The number of carbonyl (C=O) groups excluding carboxylic acids is 1. The second kappa shape index (κ2) is 3.56. The molecule has 0 unspecified atom stereocenters. The van der Waals surface area contributed by atoms with Gasteiger partial charge in [-0.05, 0) is 25.4 Å². The van der Waals surface area contributed by atoms with Gasteiger partial charge in [-0.1, -0.05) is 0 Å². The lowest BCUT2D eigenvalue weighted by Gasteiger charge is -1.94. The largest absolute Gasteiger partial charge is 0.464 e. The Hall–Kier alpha value is -0.520. The number of rotatable bonds is 2. The van der Waals surface area contributed by atoms with Gasteiger partial charge in [-0.2, -0.15) is 0 Å². The maximum absolute atomic E-state index is 11.1. The predicted molar refractivity (Wildman–Crippen MR) is 51.4 cm³/mol. The summed E-state index contributed by atoms with van der Waals surface area (Å²) in [5.74, 6) is 0.197. The standard InChI is InChI=1S/C7H6Cl2O4S/c1-3-5(7(8)10)6(4(2)13-3)14(9,11)12/h1-2H3. The van der Waals surface area contributed by atoms with E-state index in [4.69, 9.17) is 26.7 Å². The van der Waals surface area contributed by atoms with Crippen molar-refractivity contribution in [2.24, 2.45) is 0 Å². The molecule has 0 radical (unpaired) electrons. The summed E-state index contributed by atoms with van der Waals surface area (Å²) >= 11 is 5.21. The van der Waals surface area contributed by atoms with E-state index < -0.39 is 14.3 Å². The van der Waals surface area contributed by atoms with Crippen LogP contribution in [0.25, 0.3) is 0 Å². The third kappa shape index (κ3) is 1.94. The van der Waals surface area contributed by atoms with Crippen molar-refractivity contribution in [1.82, 2.24) is 0 Å². The van der Waals surface area contributed by atoms with Gasteiger partial charge in [0.1, 0.15) is 16.4 Å². The van der Waals surface area contributed by atoms with E-state index in [2.05, 4.69) is 0 Å². The molecule has 1 aromatic rings. The van der Waals surface area contributed by atoms with Crippen LogP contribution in [0.1, 0.15) is 21.9 Å². The van der Waals surface area contributed by atoms with Crippen molar-refractivity contribution in [2.75, 3.05) is 0 Å². The molecule has 7 heteroatoms. The summed E-state index contributed by atoms with van der Waals surface area (Å²) in [5, 5.41) is -0.904. The van der Waals surface area contributed by atoms with Gasteiger partial charge in [-0.15, -0.1) is 0 Å². The molecule has 0 fully saturated rings. The van der Waals surface area contributed by atoms with E-state index in [-0.39, 0.29) is 22.0 Å². The van der Waals surface area contributed by atoms with Gasteiger partial charge in [0.15, 0.2) is 0 Å². The Morgan fingerprint density at radius 3 is 2.07 bits per heavy atom. The number of aryl methyl sites for hydroxylation is 2. The normalized spacial score (nSPS) is 11.7. The Bertz CT molecular complexity index is 486. The molecule has 4 nitrogen and oxygen atoms in total. The first kappa shape index (κ1) is 11.6. The molecule has 0 bridgehead atoms. The Balaban J connectivity index is 3.65. The smallest absolute Gasteiger partial charge is 0.265 e. The van der Waals surface area contributed by atoms with Crippen molar-refractivity contribution >= 4 is 36.6 Å². The van der Waals surface area contributed by atoms with Crippen LogP contribution in [0.3, 0.4) is 0 Å². The highest BCUT2D eigenvalue weighted by atomic mass is 35.7. The molecule has 0 aromatic carbocycles. The maximum atomic E-state index is 11.1. The van der Waals surface area contributed by atoms with Crippen LogP contribution >= 0.6 is 22.3 Å². The third-order valence-corrected chi connectivity index (χ3v) is 3.28. The van der Waals surface area contributed by atoms with Crippen LogP contribution in [0.5, 0.6) is 0 Å². The average molecular weight is 257 g/mol. The van der Waals surface area contributed by atoms with Gasteiger partial charge in [-0.25, -0.2) is 8.42 Å². The zero-order valence-electron chi connectivity index (χ0n) is 7.30. The lowest BCUT2D eigenvalue weighted by Crippen LogP contribution is -2.00. The fourth-order valence-corrected chi connectivity index (χ4v) is 2.89. The molecular weight excluding hydrogens is 251 g/mol. The minimum Gasteiger partial charge on any atom is -0.464 e. The number of carbonyl (C=O) groups is 1. The molecule has 0 N–H and O–H groups in total. The van der Waals surface area contributed by atoms with Crippen molar-refractivity contribution in [3.63, 3.8) is 0 Å². The van der Waals surface area contributed by atoms with E-state index in [0.29, 0.717) is 0 Å². The van der Waals surface area contributed by atoms with Gasteiger partial charge in [0, 0.05) is 10.7 Å². The summed E-state index contributed by atoms with van der Waals surface area (Å²) in [6.07, 6.45) is 0. The van der Waals surface area contributed by atoms with Crippen molar-refractivity contribution in [3.8, 4) is 0 Å². The van der Waals surface area contributed by atoms with Crippen molar-refractivity contribution in [2.45, 2.75) is 18.7 Å². The zero-order valence-corrected chi connectivity index (χ0v) is 9.63. The summed E-state index contributed by atoms with van der Waals surface area (Å²) in [6.45, 7) is 2.83. The second-order valence-electron chi connectivity index (χ2n) is 2.63. The van der Waals surface area contributed by atoms with E-state index >= 15 is 0 Å². The van der Waals surface area contributed by atoms with Gasteiger partial charge in [0.25, 0.3) is 14.3 Å². The Morgan fingerprint density at radius 2 is 1.79 bits per heavy atom. The summed E-state index contributed by atoms with van der Waals surface area (Å²) in [4.78, 5) is 10.6. The number of halogens is 2.